The molecule has 1 aliphatic heterocycles. The summed E-state index contributed by atoms with van der Waals surface area (Å²) in [6.45, 7) is 6.82. The molecule has 0 aliphatic carbocycles. The number of hydrogen-bond donors (Lipinski definition) is 1. The Bertz CT molecular complexity index is 701. The average molecular weight is 352 g/mol. The number of hydrogen-bond acceptors (Lipinski definition) is 2. The highest BCUT2D eigenvalue weighted by Gasteiger charge is 2.27. The van der Waals surface area contributed by atoms with Gasteiger partial charge in [0.1, 0.15) is 6.10 Å². The van der Waals surface area contributed by atoms with Crippen molar-refractivity contribution in [1.29, 1.82) is 0 Å². The molecule has 1 saturated heterocycles. The molecule has 26 heavy (non-hydrogen) atoms. The fourth-order valence-electron chi connectivity index (χ4n) is 3.34. The van der Waals surface area contributed by atoms with Gasteiger partial charge < -0.3 is 15.0 Å². The van der Waals surface area contributed by atoms with E-state index in [-0.39, 0.29) is 17.6 Å². The van der Waals surface area contributed by atoms with Gasteiger partial charge in [-0.3, -0.25) is 0 Å². The zero-order valence-corrected chi connectivity index (χ0v) is 15.7. The Hall–Kier alpha value is -2.33. The van der Waals surface area contributed by atoms with Crippen LogP contribution in [-0.4, -0.2) is 37.2 Å². The second kappa shape index (κ2) is 8.37. The Balaban J connectivity index is 1.52. The van der Waals surface area contributed by atoms with Gasteiger partial charge in [0.05, 0.1) is 13.2 Å². The number of carbonyl (C=O) groups excluding carboxylic acids is 1. The molecule has 0 spiro atoms. The highest BCUT2D eigenvalue weighted by molar-refractivity contribution is 5.74. The highest BCUT2D eigenvalue weighted by Crippen LogP contribution is 2.23. The predicted octanol–water partition coefficient (Wildman–Crippen LogP) is 4.04. The molecule has 0 bridgehead atoms. The Labute approximate surface area is 156 Å². The summed E-state index contributed by atoms with van der Waals surface area (Å²) in [5.74, 6) is 0. The number of nitrogens with one attached hydrogen (secondary N) is 1. The number of benzene rings is 2. The monoisotopic (exact) mass is 352 g/mol. The van der Waals surface area contributed by atoms with E-state index >= 15 is 0 Å². The van der Waals surface area contributed by atoms with E-state index in [1.807, 2.05) is 29.2 Å². The van der Waals surface area contributed by atoms with Gasteiger partial charge in [-0.15, -0.1) is 0 Å². The first-order valence-electron chi connectivity index (χ1n) is 9.27. The van der Waals surface area contributed by atoms with Crippen molar-refractivity contribution in [2.75, 3.05) is 26.2 Å². The fourth-order valence-corrected chi connectivity index (χ4v) is 3.34. The maximum atomic E-state index is 12.6. The van der Waals surface area contributed by atoms with Crippen LogP contribution in [0.25, 0.3) is 0 Å². The Kier molecular flexibility index (Phi) is 5.94. The lowest BCUT2D eigenvalue weighted by Gasteiger charge is -2.34. The summed E-state index contributed by atoms with van der Waals surface area (Å²) in [5.41, 5.74) is 2.42. The molecule has 0 aromatic heterocycles. The van der Waals surface area contributed by atoms with Crippen molar-refractivity contribution in [1.82, 2.24) is 10.2 Å². The van der Waals surface area contributed by atoms with Crippen LogP contribution >= 0.6 is 0 Å². The predicted molar refractivity (Wildman–Crippen MR) is 104 cm³/mol. The van der Waals surface area contributed by atoms with Crippen LogP contribution in [0.1, 0.15) is 31.1 Å². The first-order chi connectivity index (χ1) is 12.5. The molecule has 1 unspecified atom stereocenters. The molecule has 2 amide bonds. The standard InChI is InChI=1S/C22H28N2O2/c1-22(2,15-18-9-5-3-6-10-18)17-23-21(25)24-13-14-26-20(16-24)19-11-7-4-8-12-19/h3-12,20H,13-17H2,1-2H3,(H,23,25). The lowest BCUT2D eigenvalue weighted by molar-refractivity contribution is -0.0156. The average Bonchev–Trinajstić information content (AvgIpc) is 2.67. The van der Waals surface area contributed by atoms with E-state index in [9.17, 15) is 4.79 Å². The van der Waals surface area contributed by atoms with Crippen LogP contribution in [0.2, 0.25) is 0 Å². The second-order valence-electron chi connectivity index (χ2n) is 7.70. The summed E-state index contributed by atoms with van der Waals surface area (Å²) < 4.78 is 5.85. The number of amides is 2. The summed E-state index contributed by atoms with van der Waals surface area (Å²) in [6.07, 6.45) is 0.886. The van der Waals surface area contributed by atoms with E-state index < -0.39 is 0 Å². The van der Waals surface area contributed by atoms with Crippen LogP contribution in [0.5, 0.6) is 0 Å². The van der Waals surface area contributed by atoms with Crippen molar-refractivity contribution in [3.05, 3.63) is 71.8 Å². The van der Waals surface area contributed by atoms with Gasteiger partial charge in [0.25, 0.3) is 0 Å². The van der Waals surface area contributed by atoms with Crippen LogP contribution in [0.15, 0.2) is 60.7 Å². The van der Waals surface area contributed by atoms with Gasteiger partial charge in [-0.05, 0) is 23.0 Å². The molecule has 1 aliphatic rings. The summed E-state index contributed by atoms with van der Waals surface area (Å²) in [5, 5.41) is 3.12. The van der Waals surface area contributed by atoms with Crippen molar-refractivity contribution in [2.24, 2.45) is 5.41 Å². The minimum Gasteiger partial charge on any atom is -0.370 e. The summed E-state index contributed by atoms with van der Waals surface area (Å²) >= 11 is 0. The first kappa shape index (κ1) is 18.5. The van der Waals surface area contributed by atoms with E-state index in [1.165, 1.54) is 5.56 Å². The molecule has 0 saturated carbocycles. The molecule has 1 heterocycles. The van der Waals surface area contributed by atoms with E-state index in [4.69, 9.17) is 4.74 Å². The van der Waals surface area contributed by atoms with E-state index in [2.05, 4.69) is 55.6 Å². The summed E-state index contributed by atoms with van der Waals surface area (Å²) in [4.78, 5) is 14.5. The van der Waals surface area contributed by atoms with Crippen LogP contribution < -0.4 is 5.32 Å². The van der Waals surface area contributed by atoms with E-state index in [1.54, 1.807) is 0 Å². The van der Waals surface area contributed by atoms with Gasteiger partial charge >= 0.3 is 6.03 Å². The van der Waals surface area contributed by atoms with Crippen LogP contribution in [0, 0.1) is 5.41 Å². The Morgan fingerprint density at radius 1 is 1.12 bits per heavy atom. The van der Waals surface area contributed by atoms with Crippen molar-refractivity contribution in [3.63, 3.8) is 0 Å². The van der Waals surface area contributed by atoms with Crippen LogP contribution in [-0.2, 0) is 11.2 Å². The van der Waals surface area contributed by atoms with E-state index in [0.717, 1.165) is 12.0 Å². The molecule has 4 nitrogen and oxygen atoms in total. The van der Waals surface area contributed by atoms with Crippen molar-refractivity contribution >= 4 is 6.03 Å². The SMILES string of the molecule is CC(C)(CNC(=O)N1CCOC(c2ccccc2)C1)Cc1ccccc1. The van der Waals surface area contributed by atoms with Crippen LogP contribution in [0.4, 0.5) is 4.79 Å². The molecule has 2 aromatic carbocycles. The lowest BCUT2D eigenvalue weighted by Crippen LogP contribution is -2.49. The normalized spacial score (nSPS) is 17.8. The quantitative estimate of drug-likeness (QED) is 0.882. The number of carbonyl (C=O) groups is 1. The molecule has 1 atom stereocenters. The molecule has 1 N–H and O–H groups in total. The smallest absolute Gasteiger partial charge is 0.317 e. The fraction of sp³-hybridized carbons (Fsp3) is 0.409. The van der Waals surface area contributed by atoms with Gasteiger partial charge in [0.2, 0.25) is 0 Å². The molecule has 1 fully saturated rings. The van der Waals surface area contributed by atoms with Crippen molar-refractivity contribution in [2.45, 2.75) is 26.4 Å². The maximum Gasteiger partial charge on any atom is 0.317 e. The Morgan fingerprint density at radius 2 is 1.77 bits per heavy atom. The molecule has 2 aromatic rings. The summed E-state index contributed by atoms with van der Waals surface area (Å²) in [6, 6.07) is 20.5. The number of urea groups is 1. The van der Waals surface area contributed by atoms with Gasteiger partial charge in [0, 0.05) is 13.1 Å². The van der Waals surface area contributed by atoms with Crippen LogP contribution in [0.3, 0.4) is 0 Å². The zero-order chi connectivity index (χ0) is 18.4. The van der Waals surface area contributed by atoms with Gasteiger partial charge in [0.15, 0.2) is 0 Å². The first-order valence-corrected chi connectivity index (χ1v) is 9.27. The topological polar surface area (TPSA) is 41.6 Å². The third kappa shape index (κ3) is 5.09. The third-order valence-electron chi connectivity index (χ3n) is 4.77. The van der Waals surface area contributed by atoms with Gasteiger partial charge in [-0.1, -0.05) is 74.5 Å². The van der Waals surface area contributed by atoms with Gasteiger partial charge in [-0.2, -0.15) is 0 Å². The zero-order valence-electron chi connectivity index (χ0n) is 15.7. The van der Waals surface area contributed by atoms with Crippen molar-refractivity contribution in [3.8, 4) is 0 Å². The molecule has 138 valence electrons. The van der Waals surface area contributed by atoms with E-state index in [0.29, 0.717) is 26.2 Å². The molecular formula is C22H28N2O2. The maximum absolute atomic E-state index is 12.6. The Morgan fingerprint density at radius 3 is 2.46 bits per heavy atom. The molecule has 3 rings (SSSR count). The number of rotatable bonds is 5. The molecular weight excluding hydrogens is 324 g/mol. The molecule has 0 radical (unpaired) electrons. The summed E-state index contributed by atoms with van der Waals surface area (Å²) in [7, 11) is 0. The van der Waals surface area contributed by atoms with Crippen molar-refractivity contribution < 1.29 is 9.53 Å². The largest absolute Gasteiger partial charge is 0.370 e. The minimum atomic E-state index is -0.0481. The third-order valence-corrected chi connectivity index (χ3v) is 4.77. The number of nitrogens with zero attached hydrogens (tertiary/aromatic N) is 1. The number of ether oxygens (including phenoxy) is 1. The van der Waals surface area contributed by atoms with Gasteiger partial charge in [-0.25, -0.2) is 4.79 Å². The highest BCUT2D eigenvalue weighted by atomic mass is 16.5. The minimum absolute atomic E-state index is 0.00211. The molecule has 4 heteroatoms. The second-order valence-corrected chi connectivity index (χ2v) is 7.70. The lowest BCUT2D eigenvalue weighted by atomic mass is 9.86. The number of morpholine rings is 1.